The van der Waals surface area contributed by atoms with Crippen LogP contribution in [0.1, 0.15) is 45.7 Å². The maximum Gasteiger partial charge on any atom is 0.245 e. The van der Waals surface area contributed by atoms with E-state index in [1.165, 1.54) is 18.5 Å². The monoisotopic (exact) mass is 454 g/mol. The van der Waals surface area contributed by atoms with Gasteiger partial charge >= 0.3 is 0 Å². The summed E-state index contributed by atoms with van der Waals surface area (Å²) in [5, 5.41) is 2.99. The molecular formula is C22H32Cl2N4O2. The SMILES string of the molecule is CCOC1CC(N)(C(=O)Nc2ccc(-c3ncc4n3CCCC4)cc2)C1(C)C.Cl.Cl. The van der Waals surface area contributed by atoms with Gasteiger partial charge in [-0.05, 0) is 50.5 Å². The predicted molar refractivity (Wildman–Crippen MR) is 124 cm³/mol. The van der Waals surface area contributed by atoms with E-state index in [4.69, 9.17) is 10.5 Å². The Morgan fingerprint density at radius 3 is 2.60 bits per heavy atom. The molecule has 2 atom stereocenters. The first kappa shape index (κ1) is 24.7. The zero-order valence-corrected chi connectivity index (χ0v) is 19.4. The number of aromatic nitrogens is 2. The lowest BCUT2D eigenvalue weighted by molar-refractivity contribution is -0.166. The third kappa shape index (κ3) is 3.98. The van der Waals surface area contributed by atoms with Crippen LogP contribution in [0.4, 0.5) is 5.69 Å². The number of nitrogens with two attached hydrogens (primary N) is 1. The fourth-order valence-electron chi connectivity index (χ4n) is 4.43. The van der Waals surface area contributed by atoms with Gasteiger partial charge in [0, 0.05) is 48.1 Å². The van der Waals surface area contributed by atoms with E-state index >= 15 is 0 Å². The van der Waals surface area contributed by atoms with Gasteiger partial charge in [0.2, 0.25) is 5.91 Å². The van der Waals surface area contributed by atoms with Crippen molar-refractivity contribution < 1.29 is 9.53 Å². The molecule has 1 aliphatic carbocycles. The molecule has 0 spiro atoms. The van der Waals surface area contributed by atoms with E-state index in [0.717, 1.165) is 30.0 Å². The Labute approximate surface area is 190 Å². The number of carbonyl (C=O) groups is 1. The van der Waals surface area contributed by atoms with Crippen molar-refractivity contribution in [2.75, 3.05) is 11.9 Å². The lowest BCUT2D eigenvalue weighted by Crippen LogP contribution is -2.74. The van der Waals surface area contributed by atoms with Gasteiger partial charge in [0.05, 0.1) is 6.10 Å². The van der Waals surface area contributed by atoms with Gasteiger partial charge in [-0.1, -0.05) is 13.8 Å². The van der Waals surface area contributed by atoms with Crippen LogP contribution < -0.4 is 11.1 Å². The molecule has 1 aliphatic heterocycles. The molecule has 1 fully saturated rings. The summed E-state index contributed by atoms with van der Waals surface area (Å²) >= 11 is 0. The lowest BCUT2D eigenvalue weighted by atomic mass is 9.54. The van der Waals surface area contributed by atoms with Crippen molar-refractivity contribution in [2.45, 2.75) is 64.6 Å². The van der Waals surface area contributed by atoms with Gasteiger partial charge in [-0.3, -0.25) is 4.79 Å². The van der Waals surface area contributed by atoms with Crippen LogP contribution in [0.25, 0.3) is 11.4 Å². The molecular weight excluding hydrogens is 423 g/mol. The van der Waals surface area contributed by atoms with Gasteiger partial charge in [0.1, 0.15) is 11.4 Å². The third-order valence-corrected chi connectivity index (χ3v) is 6.64. The number of imidazole rings is 1. The van der Waals surface area contributed by atoms with E-state index in [-0.39, 0.29) is 36.8 Å². The summed E-state index contributed by atoms with van der Waals surface area (Å²) < 4.78 is 8.02. The highest BCUT2D eigenvalue weighted by Gasteiger charge is 2.62. The van der Waals surface area contributed by atoms with E-state index in [9.17, 15) is 4.79 Å². The highest BCUT2D eigenvalue weighted by molar-refractivity contribution is 5.99. The fraction of sp³-hybridized carbons (Fsp3) is 0.545. The molecule has 2 heterocycles. The Balaban J connectivity index is 0.00000160. The van der Waals surface area contributed by atoms with Gasteiger partial charge < -0.3 is 20.4 Å². The first-order valence-corrected chi connectivity index (χ1v) is 10.2. The fourth-order valence-corrected chi connectivity index (χ4v) is 4.43. The summed E-state index contributed by atoms with van der Waals surface area (Å²) in [5.41, 5.74) is 8.27. The average Bonchev–Trinajstić information content (AvgIpc) is 3.12. The summed E-state index contributed by atoms with van der Waals surface area (Å²) in [5.74, 6) is 0.849. The number of fused-ring (bicyclic) bond motifs is 1. The Hall–Kier alpha value is -1.60. The minimum atomic E-state index is -0.923. The van der Waals surface area contributed by atoms with Gasteiger partial charge in [0.15, 0.2) is 0 Å². The van der Waals surface area contributed by atoms with Crippen LogP contribution in [0.2, 0.25) is 0 Å². The minimum absolute atomic E-state index is 0. The third-order valence-electron chi connectivity index (χ3n) is 6.64. The number of aryl methyl sites for hydroxylation is 1. The largest absolute Gasteiger partial charge is 0.378 e. The Morgan fingerprint density at radius 2 is 1.97 bits per heavy atom. The van der Waals surface area contributed by atoms with Crippen molar-refractivity contribution in [1.82, 2.24) is 9.55 Å². The topological polar surface area (TPSA) is 82.2 Å². The quantitative estimate of drug-likeness (QED) is 0.708. The highest BCUT2D eigenvalue weighted by Crippen LogP contribution is 2.50. The maximum absolute atomic E-state index is 12.9. The van der Waals surface area contributed by atoms with Crippen molar-refractivity contribution in [1.29, 1.82) is 0 Å². The number of anilines is 1. The molecule has 6 nitrogen and oxygen atoms in total. The smallest absolute Gasteiger partial charge is 0.245 e. The molecule has 30 heavy (non-hydrogen) atoms. The van der Waals surface area contributed by atoms with Crippen LogP contribution >= 0.6 is 24.8 Å². The second kappa shape index (κ2) is 9.27. The van der Waals surface area contributed by atoms with Crippen LogP contribution in [0.15, 0.2) is 30.5 Å². The number of ether oxygens (including phenoxy) is 1. The van der Waals surface area contributed by atoms with Crippen LogP contribution in [0, 0.1) is 5.41 Å². The molecule has 2 unspecified atom stereocenters. The van der Waals surface area contributed by atoms with Gasteiger partial charge in [-0.2, -0.15) is 0 Å². The van der Waals surface area contributed by atoms with Gasteiger partial charge in [-0.15, -0.1) is 24.8 Å². The molecule has 2 aromatic rings. The summed E-state index contributed by atoms with van der Waals surface area (Å²) in [4.78, 5) is 17.5. The first-order chi connectivity index (χ1) is 13.4. The Morgan fingerprint density at radius 1 is 1.27 bits per heavy atom. The highest BCUT2D eigenvalue weighted by atomic mass is 35.5. The lowest BCUT2D eigenvalue weighted by Gasteiger charge is -2.57. The molecule has 0 saturated heterocycles. The number of nitrogens with one attached hydrogen (secondary N) is 1. The molecule has 1 aromatic heterocycles. The molecule has 3 N–H and O–H groups in total. The summed E-state index contributed by atoms with van der Waals surface area (Å²) in [6.45, 7) is 7.62. The normalized spacial score (nSPS) is 23.9. The number of hydrogen-bond donors (Lipinski definition) is 2. The molecule has 2 aliphatic rings. The van der Waals surface area contributed by atoms with Crippen molar-refractivity contribution in [3.05, 3.63) is 36.2 Å². The van der Waals surface area contributed by atoms with E-state index in [1.54, 1.807) is 0 Å². The van der Waals surface area contributed by atoms with E-state index in [0.29, 0.717) is 13.0 Å². The molecule has 4 rings (SSSR count). The predicted octanol–water partition coefficient (Wildman–Crippen LogP) is 4.20. The number of halogens is 2. The molecule has 0 radical (unpaired) electrons. The average molecular weight is 455 g/mol. The second-order valence-electron chi connectivity index (χ2n) is 8.55. The molecule has 8 heteroatoms. The second-order valence-corrected chi connectivity index (χ2v) is 8.55. The van der Waals surface area contributed by atoms with Gasteiger partial charge in [-0.25, -0.2) is 4.98 Å². The number of benzene rings is 1. The maximum atomic E-state index is 12.9. The molecule has 1 aromatic carbocycles. The number of rotatable bonds is 5. The molecule has 166 valence electrons. The first-order valence-electron chi connectivity index (χ1n) is 10.2. The van der Waals surface area contributed by atoms with E-state index in [2.05, 4.69) is 14.9 Å². The number of nitrogens with zero attached hydrogens (tertiary/aromatic N) is 2. The summed E-state index contributed by atoms with van der Waals surface area (Å²) in [6.07, 6.45) is 6.06. The standard InChI is InChI=1S/C22H30N4O2.2ClH/c1-4-28-18-13-22(23,21(18,2)3)20(27)25-16-10-8-15(9-11-16)19-24-14-17-7-5-6-12-26(17)19;;/h8-11,14,18H,4-7,12-13,23H2,1-3H3,(H,25,27);2*1H. The zero-order chi connectivity index (χ0) is 19.9. The number of amides is 1. The Bertz CT molecular complexity index is 882. The van der Waals surface area contributed by atoms with Crippen LogP contribution in [0.3, 0.4) is 0 Å². The summed E-state index contributed by atoms with van der Waals surface area (Å²) in [6, 6.07) is 7.87. The Kier molecular flexibility index (Phi) is 7.62. The minimum Gasteiger partial charge on any atom is -0.378 e. The van der Waals surface area contributed by atoms with Crippen molar-refractivity contribution in [3.8, 4) is 11.4 Å². The van der Waals surface area contributed by atoms with E-state index in [1.807, 2.05) is 51.2 Å². The van der Waals surface area contributed by atoms with Crippen LogP contribution in [0.5, 0.6) is 0 Å². The van der Waals surface area contributed by atoms with Crippen LogP contribution in [-0.2, 0) is 22.5 Å². The molecule has 1 saturated carbocycles. The van der Waals surface area contributed by atoms with E-state index < -0.39 is 11.0 Å². The molecule has 0 bridgehead atoms. The van der Waals surface area contributed by atoms with Gasteiger partial charge in [0.25, 0.3) is 0 Å². The van der Waals surface area contributed by atoms with Crippen LogP contribution in [-0.4, -0.2) is 33.7 Å². The van der Waals surface area contributed by atoms with Crippen molar-refractivity contribution >= 4 is 36.4 Å². The zero-order valence-electron chi connectivity index (χ0n) is 17.8. The van der Waals surface area contributed by atoms with Crippen molar-refractivity contribution in [3.63, 3.8) is 0 Å². The van der Waals surface area contributed by atoms with Crippen molar-refractivity contribution in [2.24, 2.45) is 11.1 Å². The number of hydrogen-bond acceptors (Lipinski definition) is 4. The number of carbonyl (C=O) groups excluding carboxylic acids is 1. The summed E-state index contributed by atoms with van der Waals surface area (Å²) in [7, 11) is 0. The molecule has 1 amide bonds.